The van der Waals surface area contributed by atoms with Crippen molar-refractivity contribution < 1.29 is 0 Å². The average molecular weight is 219 g/mol. The van der Waals surface area contributed by atoms with Gasteiger partial charge in [-0.05, 0) is 37.7 Å². The van der Waals surface area contributed by atoms with Gasteiger partial charge in [0.1, 0.15) is 11.6 Å². The fraction of sp³-hybridized carbons (Fsp3) is 0.692. The third-order valence-electron chi connectivity index (χ3n) is 3.86. The Labute approximate surface area is 97.7 Å². The van der Waals surface area contributed by atoms with Gasteiger partial charge in [-0.3, -0.25) is 0 Å². The largest absolute Gasteiger partial charge is 0.367 e. The molecule has 3 nitrogen and oxygen atoms in total. The van der Waals surface area contributed by atoms with Gasteiger partial charge in [-0.1, -0.05) is 20.3 Å². The first-order valence-corrected chi connectivity index (χ1v) is 6.27. The number of nitrogens with one attached hydrogen (secondary N) is 1. The van der Waals surface area contributed by atoms with Crippen molar-refractivity contribution in [2.45, 2.75) is 46.1 Å². The van der Waals surface area contributed by atoms with E-state index in [9.17, 15) is 0 Å². The SMILES string of the molecule is CCC1CCC(Nc2ccnc(C)n2)C1C. The van der Waals surface area contributed by atoms with E-state index in [-0.39, 0.29) is 0 Å². The molecular weight excluding hydrogens is 198 g/mol. The molecule has 0 aromatic carbocycles. The van der Waals surface area contributed by atoms with Crippen LogP contribution in [0.5, 0.6) is 0 Å². The fourth-order valence-electron chi connectivity index (χ4n) is 2.75. The summed E-state index contributed by atoms with van der Waals surface area (Å²) in [7, 11) is 0. The van der Waals surface area contributed by atoms with Crippen LogP contribution < -0.4 is 5.32 Å². The number of hydrogen-bond acceptors (Lipinski definition) is 3. The zero-order valence-electron chi connectivity index (χ0n) is 10.4. The van der Waals surface area contributed by atoms with Gasteiger partial charge in [0.25, 0.3) is 0 Å². The number of hydrogen-bond donors (Lipinski definition) is 1. The Kier molecular flexibility index (Phi) is 3.42. The molecule has 16 heavy (non-hydrogen) atoms. The van der Waals surface area contributed by atoms with Gasteiger partial charge in [-0.2, -0.15) is 0 Å². The second-order valence-corrected chi connectivity index (χ2v) is 4.84. The molecule has 0 aliphatic heterocycles. The van der Waals surface area contributed by atoms with Crippen molar-refractivity contribution in [3.63, 3.8) is 0 Å². The molecule has 2 rings (SSSR count). The lowest BCUT2D eigenvalue weighted by Crippen LogP contribution is -2.25. The highest BCUT2D eigenvalue weighted by Gasteiger charge is 2.31. The van der Waals surface area contributed by atoms with Crippen LogP contribution in [0.2, 0.25) is 0 Å². The van der Waals surface area contributed by atoms with Crippen LogP contribution in [0.4, 0.5) is 5.82 Å². The molecule has 3 heteroatoms. The van der Waals surface area contributed by atoms with Crippen molar-refractivity contribution >= 4 is 5.82 Å². The maximum atomic E-state index is 4.40. The first-order chi connectivity index (χ1) is 7.70. The van der Waals surface area contributed by atoms with Crippen molar-refractivity contribution in [1.82, 2.24) is 9.97 Å². The summed E-state index contributed by atoms with van der Waals surface area (Å²) in [6.45, 7) is 6.57. The molecule has 1 N–H and O–H groups in total. The van der Waals surface area contributed by atoms with Gasteiger partial charge in [0.2, 0.25) is 0 Å². The minimum absolute atomic E-state index is 0.583. The third-order valence-corrected chi connectivity index (χ3v) is 3.86. The van der Waals surface area contributed by atoms with Gasteiger partial charge < -0.3 is 5.32 Å². The number of aromatic nitrogens is 2. The summed E-state index contributed by atoms with van der Waals surface area (Å²) in [5.74, 6) is 3.43. The van der Waals surface area contributed by atoms with Crippen molar-refractivity contribution in [3.05, 3.63) is 18.1 Å². The molecule has 1 aliphatic carbocycles. The molecular formula is C13H21N3. The van der Waals surface area contributed by atoms with Gasteiger partial charge in [0, 0.05) is 12.2 Å². The maximum Gasteiger partial charge on any atom is 0.129 e. The van der Waals surface area contributed by atoms with Crippen molar-refractivity contribution in [3.8, 4) is 0 Å². The molecule has 0 bridgehead atoms. The molecule has 0 saturated heterocycles. The van der Waals surface area contributed by atoms with Crippen LogP contribution in [0.15, 0.2) is 12.3 Å². The summed E-state index contributed by atoms with van der Waals surface area (Å²) in [4.78, 5) is 8.51. The molecule has 0 spiro atoms. The smallest absolute Gasteiger partial charge is 0.129 e. The summed E-state index contributed by atoms with van der Waals surface area (Å²) in [6, 6.07) is 2.54. The summed E-state index contributed by atoms with van der Waals surface area (Å²) in [5.41, 5.74) is 0. The number of aryl methyl sites for hydroxylation is 1. The molecule has 1 aliphatic rings. The quantitative estimate of drug-likeness (QED) is 0.849. The number of nitrogens with zero attached hydrogens (tertiary/aromatic N) is 2. The predicted octanol–water partition coefficient (Wildman–Crippen LogP) is 3.02. The average Bonchev–Trinajstić information content (AvgIpc) is 2.60. The van der Waals surface area contributed by atoms with E-state index in [4.69, 9.17) is 0 Å². The predicted molar refractivity (Wildman–Crippen MR) is 66.4 cm³/mol. The highest BCUT2D eigenvalue weighted by molar-refractivity contribution is 5.34. The Morgan fingerprint density at radius 1 is 1.44 bits per heavy atom. The van der Waals surface area contributed by atoms with E-state index in [1.165, 1.54) is 19.3 Å². The standard InChI is InChI=1S/C13H21N3/c1-4-11-5-6-12(9(11)2)16-13-7-8-14-10(3)15-13/h7-9,11-12H,4-6H2,1-3H3,(H,14,15,16). The second kappa shape index (κ2) is 4.81. The van der Waals surface area contributed by atoms with Crippen LogP contribution >= 0.6 is 0 Å². The van der Waals surface area contributed by atoms with Crippen LogP contribution in [0, 0.1) is 18.8 Å². The lowest BCUT2D eigenvalue weighted by Gasteiger charge is -2.21. The molecule has 1 aromatic heterocycles. The van der Waals surface area contributed by atoms with Crippen LogP contribution in [0.1, 0.15) is 38.9 Å². The highest BCUT2D eigenvalue weighted by atomic mass is 15.0. The van der Waals surface area contributed by atoms with E-state index in [2.05, 4.69) is 29.1 Å². The molecule has 1 saturated carbocycles. The van der Waals surface area contributed by atoms with Crippen LogP contribution in [-0.2, 0) is 0 Å². The number of rotatable bonds is 3. The zero-order chi connectivity index (χ0) is 11.5. The molecule has 0 radical (unpaired) electrons. The Hall–Kier alpha value is -1.12. The lowest BCUT2D eigenvalue weighted by molar-refractivity contribution is 0.391. The monoisotopic (exact) mass is 219 g/mol. The van der Waals surface area contributed by atoms with Crippen LogP contribution in [-0.4, -0.2) is 16.0 Å². The van der Waals surface area contributed by atoms with Gasteiger partial charge in [0.05, 0.1) is 0 Å². The summed E-state index contributed by atoms with van der Waals surface area (Å²) < 4.78 is 0. The third kappa shape index (κ3) is 2.34. The maximum absolute atomic E-state index is 4.40. The molecule has 3 atom stereocenters. The highest BCUT2D eigenvalue weighted by Crippen LogP contribution is 2.35. The Bertz CT molecular complexity index is 351. The van der Waals surface area contributed by atoms with Gasteiger partial charge in [0.15, 0.2) is 0 Å². The fourth-order valence-corrected chi connectivity index (χ4v) is 2.75. The first kappa shape index (κ1) is 11.4. The molecule has 1 fully saturated rings. The van der Waals surface area contributed by atoms with E-state index in [1.54, 1.807) is 0 Å². The van der Waals surface area contributed by atoms with E-state index in [0.29, 0.717) is 6.04 Å². The molecule has 1 aromatic rings. The minimum atomic E-state index is 0.583. The minimum Gasteiger partial charge on any atom is -0.367 e. The molecule has 88 valence electrons. The van der Waals surface area contributed by atoms with Gasteiger partial charge in [-0.15, -0.1) is 0 Å². The number of anilines is 1. The second-order valence-electron chi connectivity index (χ2n) is 4.84. The van der Waals surface area contributed by atoms with Gasteiger partial charge in [-0.25, -0.2) is 9.97 Å². The molecule has 3 unspecified atom stereocenters. The summed E-state index contributed by atoms with van der Waals surface area (Å²) in [6.07, 6.45) is 5.73. The van der Waals surface area contributed by atoms with E-state index in [1.807, 2.05) is 19.2 Å². The van der Waals surface area contributed by atoms with Crippen molar-refractivity contribution in [2.75, 3.05) is 5.32 Å². The topological polar surface area (TPSA) is 37.8 Å². The van der Waals surface area contributed by atoms with E-state index < -0.39 is 0 Å². The Morgan fingerprint density at radius 2 is 2.25 bits per heavy atom. The van der Waals surface area contributed by atoms with Crippen molar-refractivity contribution in [1.29, 1.82) is 0 Å². The van der Waals surface area contributed by atoms with E-state index in [0.717, 1.165) is 23.5 Å². The Morgan fingerprint density at radius 3 is 2.88 bits per heavy atom. The van der Waals surface area contributed by atoms with Crippen molar-refractivity contribution in [2.24, 2.45) is 11.8 Å². The Balaban J connectivity index is 2.00. The van der Waals surface area contributed by atoms with Crippen LogP contribution in [0.3, 0.4) is 0 Å². The van der Waals surface area contributed by atoms with Gasteiger partial charge >= 0.3 is 0 Å². The lowest BCUT2D eigenvalue weighted by atomic mass is 9.93. The summed E-state index contributed by atoms with van der Waals surface area (Å²) >= 11 is 0. The van der Waals surface area contributed by atoms with E-state index >= 15 is 0 Å². The molecule has 0 amide bonds. The summed E-state index contributed by atoms with van der Waals surface area (Å²) in [5, 5.41) is 3.54. The first-order valence-electron chi connectivity index (χ1n) is 6.27. The normalized spacial score (nSPS) is 29.3. The molecule has 1 heterocycles. The van der Waals surface area contributed by atoms with Crippen LogP contribution in [0.25, 0.3) is 0 Å². The zero-order valence-corrected chi connectivity index (χ0v) is 10.4.